The summed E-state index contributed by atoms with van der Waals surface area (Å²) in [6.45, 7) is 0.221. The number of carbonyl (C=O) groups is 2. The third-order valence-electron chi connectivity index (χ3n) is 3.48. The second-order valence-corrected chi connectivity index (χ2v) is 6.06. The van der Waals surface area contributed by atoms with Crippen LogP contribution in [-0.4, -0.2) is 41.3 Å². The Labute approximate surface area is 140 Å². The minimum atomic E-state index is -0.497. The highest BCUT2D eigenvalue weighted by Crippen LogP contribution is 2.15. The normalized spacial score (nSPS) is 10.4. The van der Waals surface area contributed by atoms with Crippen LogP contribution in [0.25, 0.3) is 0 Å². The van der Waals surface area contributed by atoms with Crippen molar-refractivity contribution in [3.05, 3.63) is 53.9 Å². The van der Waals surface area contributed by atoms with Crippen molar-refractivity contribution in [2.24, 2.45) is 7.05 Å². The highest BCUT2D eigenvalue weighted by Gasteiger charge is 2.15. The molecule has 6 heteroatoms. The minimum absolute atomic E-state index is 0.235. The fourth-order valence-corrected chi connectivity index (χ4v) is 2.49. The van der Waals surface area contributed by atoms with Crippen LogP contribution in [-0.2, 0) is 23.1 Å². The predicted molar refractivity (Wildman–Crippen MR) is 90.4 cm³/mol. The van der Waals surface area contributed by atoms with Crippen LogP contribution in [0.5, 0.6) is 0 Å². The molecule has 0 aliphatic carbocycles. The first kappa shape index (κ1) is 17.1. The van der Waals surface area contributed by atoms with Crippen molar-refractivity contribution in [1.29, 1.82) is 0 Å². The number of nitrogens with zero attached hydrogens (tertiary/aromatic N) is 2. The van der Waals surface area contributed by atoms with Gasteiger partial charge in [-0.05, 0) is 36.1 Å². The van der Waals surface area contributed by atoms with Crippen LogP contribution in [0.3, 0.4) is 0 Å². The zero-order valence-corrected chi connectivity index (χ0v) is 14.3. The van der Waals surface area contributed by atoms with Crippen molar-refractivity contribution >= 4 is 23.6 Å². The Morgan fingerprint density at radius 1 is 1.22 bits per heavy atom. The van der Waals surface area contributed by atoms with E-state index in [2.05, 4.69) is 0 Å². The highest BCUT2D eigenvalue weighted by atomic mass is 32.2. The molecule has 2 aromatic rings. The summed E-state index contributed by atoms with van der Waals surface area (Å²) in [6, 6.07) is 11.4. The Bertz CT molecular complexity index is 679. The number of amides is 1. The smallest absolute Gasteiger partial charge is 0.355 e. The average molecular weight is 332 g/mol. The molecule has 0 saturated carbocycles. The fraction of sp³-hybridized carbons (Fsp3) is 0.294. The summed E-state index contributed by atoms with van der Waals surface area (Å²) in [6.07, 6.45) is 3.77. The maximum absolute atomic E-state index is 12.1. The lowest BCUT2D eigenvalue weighted by Crippen LogP contribution is -2.31. The Hall–Kier alpha value is -2.21. The van der Waals surface area contributed by atoms with E-state index in [9.17, 15) is 9.59 Å². The number of likely N-dealkylation sites (N-methyl/N-ethyl adjacent to an activating group) is 1. The number of hydrogen-bond acceptors (Lipinski definition) is 4. The Balaban J connectivity index is 1.85. The van der Waals surface area contributed by atoms with E-state index >= 15 is 0 Å². The van der Waals surface area contributed by atoms with E-state index in [1.165, 1.54) is 4.90 Å². The van der Waals surface area contributed by atoms with Crippen LogP contribution in [0.2, 0.25) is 0 Å². The highest BCUT2D eigenvalue weighted by molar-refractivity contribution is 7.98. The molecule has 23 heavy (non-hydrogen) atoms. The van der Waals surface area contributed by atoms with Crippen molar-refractivity contribution in [1.82, 2.24) is 9.47 Å². The lowest BCUT2D eigenvalue weighted by atomic mass is 10.2. The summed E-state index contributed by atoms with van der Waals surface area (Å²) in [4.78, 5) is 26.7. The standard InChI is InChI=1S/C17H20N2O3S/c1-18-10-4-5-15(18)17(21)22-12-16(20)19(2)11-13-6-8-14(23-3)9-7-13/h4-10H,11-12H2,1-3H3. The van der Waals surface area contributed by atoms with E-state index in [0.29, 0.717) is 12.2 Å². The molecule has 0 unspecified atom stereocenters. The van der Waals surface area contributed by atoms with Gasteiger partial charge in [-0.2, -0.15) is 0 Å². The third-order valence-corrected chi connectivity index (χ3v) is 4.23. The second kappa shape index (κ2) is 7.87. The Morgan fingerprint density at radius 2 is 1.91 bits per heavy atom. The van der Waals surface area contributed by atoms with Crippen LogP contribution >= 0.6 is 11.8 Å². The topological polar surface area (TPSA) is 51.5 Å². The monoisotopic (exact) mass is 332 g/mol. The summed E-state index contributed by atoms with van der Waals surface area (Å²) < 4.78 is 6.73. The number of rotatable bonds is 6. The zero-order valence-electron chi connectivity index (χ0n) is 13.5. The van der Waals surface area contributed by atoms with Gasteiger partial charge in [0.05, 0.1) is 0 Å². The molecule has 5 nitrogen and oxygen atoms in total. The van der Waals surface area contributed by atoms with E-state index in [4.69, 9.17) is 4.74 Å². The molecule has 1 heterocycles. The van der Waals surface area contributed by atoms with Gasteiger partial charge >= 0.3 is 5.97 Å². The summed E-state index contributed by atoms with van der Waals surface area (Å²) in [5.41, 5.74) is 1.46. The zero-order chi connectivity index (χ0) is 16.8. The van der Waals surface area contributed by atoms with Crippen LogP contribution in [0.4, 0.5) is 0 Å². The number of benzene rings is 1. The molecule has 1 aromatic carbocycles. The van der Waals surface area contributed by atoms with E-state index in [1.807, 2.05) is 30.5 Å². The first-order chi connectivity index (χ1) is 11.0. The third kappa shape index (κ3) is 4.63. The van der Waals surface area contributed by atoms with Gasteiger partial charge < -0.3 is 14.2 Å². The molecule has 0 radical (unpaired) electrons. The van der Waals surface area contributed by atoms with Crippen molar-refractivity contribution in [3.8, 4) is 0 Å². The van der Waals surface area contributed by atoms with Crippen molar-refractivity contribution in [3.63, 3.8) is 0 Å². The molecule has 2 rings (SSSR count). The van der Waals surface area contributed by atoms with Crippen LogP contribution < -0.4 is 0 Å². The van der Waals surface area contributed by atoms with Crippen LogP contribution in [0.15, 0.2) is 47.5 Å². The van der Waals surface area contributed by atoms with E-state index < -0.39 is 5.97 Å². The maximum atomic E-state index is 12.1. The number of ether oxygens (including phenoxy) is 1. The molecular weight excluding hydrogens is 312 g/mol. The molecule has 1 amide bonds. The van der Waals surface area contributed by atoms with Gasteiger partial charge in [-0.1, -0.05) is 12.1 Å². The van der Waals surface area contributed by atoms with Crippen LogP contribution in [0, 0.1) is 0 Å². The fourth-order valence-electron chi connectivity index (χ4n) is 2.08. The molecule has 0 spiro atoms. The molecule has 0 aliphatic heterocycles. The van der Waals surface area contributed by atoms with Gasteiger partial charge in [-0.15, -0.1) is 11.8 Å². The number of esters is 1. The van der Waals surface area contributed by atoms with Gasteiger partial charge in [0.2, 0.25) is 0 Å². The average Bonchev–Trinajstić information content (AvgIpc) is 2.99. The molecule has 0 fully saturated rings. The molecule has 0 aliphatic rings. The molecular formula is C17H20N2O3S. The SMILES string of the molecule is CSc1ccc(CN(C)C(=O)COC(=O)c2cccn2C)cc1. The summed E-state index contributed by atoms with van der Waals surface area (Å²) in [5.74, 6) is -0.731. The molecule has 0 N–H and O–H groups in total. The quantitative estimate of drug-likeness (QED) is 0.603. The number of thioether (sulfide) groups is 1. The first-order valence-corrected chi connectivity index (χ1v) is 8.39. The van der Waals surface area contributed by atoms with Gasteiger partial charge in [-0.25, -0.2) is 4.79 Å². The van der Waals surface area contributed by atoms with Crippen LogP contribution in [0.1, 0.15) is 16.1 Å². The number of aryl methyl sites for hydroxylation is 1. The molecule has 0 bridgehead atoms. The molecule has 1 aromatic heterocycles. The lowest BCUT2D eigenvalue weighted by molar-refractivity contribution is -0.133. The molecule has 0 atom stereocenters. The lowest BCUT2D eigenvalue weighted by Gasteiger charge is -2.17. The minimum Gasteiger partial charge on any atom is -0.451 e. The van der Waals surface area contributed by atoms with Crippen molar-refractivity contribution < 1.29 is 14.3 Å². The van der Waals surface area contributed by atoms with Gasteiger partial charge in [0.15, 0.2) is 6.61 Å². The van der Waals surface area contributed by atoms with Gasteiger partial charge in [0.25, 0.3) is 5.91 Å². The largest absolute Gasteiger partial charge is 0.451 e. The first-order valence-electron chi connectivity index (χ1n) is 7.16. The Kier molecular flexibility index (Phi) is 5.87. The predicted octanol–water partition coefficient (Wildman–Crippen LogP) is 2.56. The Morgan fingerprint density at radius 3 is 2.48 bits per heavy atom. The van der Waals surface area contributed by atoms with Gasteiger partial charge in [0, 0.05) is 31.7 Å². The van der Waals surface area contributed by atoms with Gasteiger partial charge in [-0.3, -0.25) is 4.79 Å². The van der Waals surface area contributed by atoms with E-state index in [1.54, 1.807) is 53.7 Å². The molecule has 122 valence electrons. The maximum Gasteiger partial charge on any atom is 0.355 e. The molecule has 0 saturated heterocycles. The second-order valence-electron chi connectivity index (χ2n) is 5.18. The summed E-state index contributed by atoms with van der Waals surface area (Å²) in [7, 11) is 3.45. The van der Waals surface area contributed by atoms with Gasteiger partial charge in [0.1, 0.15) is 5.69 Å². The number of aromatic nitrogens is 1. The number of carbonyl (C=O) groups excluding carboxylic acids is 2. The van der Waals surface area contributed by atoms with E-state index in [0.717, 1.165) is 5.56 Å². The van der Waals surface area contributed by atoms with E-state index in [-0.39, 0.29) is 12.5 Å². The summed E-state index contributed by atoms with van der Waals surface area (Å²) >= 11 is 1.67. The van der Waals surface area contributed by atoms with Crippen molar-refractivity contribution in [2.75, 3.05) is 19.9 Å². The summed E-state index contributed by atoms with van der Waals surface area (Å²) in [5, 5.41) is 0. The van der Waals surface area contributed by atoms with Crippen molar-refractivity contribution in [2.45, 2.75) is 11.4 Å². The number of hydrogen-bond donors (Lipinski definition) is 0.